The Bertz CT molecular complexity index is 62.0. The highest BCUT2D eigenvalue weighted by molar-refractivity contribution is 7.98. The van der Waals surface area contributed by atoms with Crippen molar-refractivity contribution in [3.05, 3.63) is 0 Å². The van der Waals surface area contributed by atoms with Gasteiger partial charge in [-0.25, -0.2) is 0 Å². The van der Waals surface area contributed by atoms with E-state index in [4.69, 9.17) is 15.6 Å². The molecule has 56 valence electrons. The zero-order valence-corrected chi connectivity index (χ0v) is 6.57. The number of hydrogen-bond donors (Lipinski definition) is 2. The molecule has 0 aromatic carbocycles. The van der Waals surface area contributed by atoms with Crippen LogP contribution in [0.3, 0.4) is 0 Å². The van der Waals surface area contributed by atoms with E-state index in [0.717, 1.165) is 19.2 Å². The Morgan fingerprint density at radius 3 is 2.11 bits per heavy atom. The van der Waals surface area contributed by atoms with E-state index in [1.54, 1.807) is 11.8 Å². The van der Waals surface area contributed by atoms with Gasteiger partial charge in [0.05, 0.1) is 0 Å². The molecule has 9 heavy (non-hydrogen) atoms. The summed E-state index contributed by atoms with van der Waals surface area (Å²) in [5, 5.41) is 7.42. The van der Waals surface area contributed by atoms with Crippen LogP contribution in [0.5, 0.6) is 0 Å². The van der Waals surface area contributed by atoms with Crippen LogP contribution in [0.4, 0.5) is 0 Å². The minimum Gasteiger partial charge on any atom is -0.481 e. The molecule has 0 aliphatic rings. The molecular formula is C5H13NO2S. The Labute approximate surface area is 59.6 Å². The maximum absolute atomic E-state index is 9.00. The number of thioether (sulfide) groups is 1. The Hall–Kier alpha value is -0.220. The molecule has 0 aliphatic carbocycles. The third kappa shape index (κ3) is 82.0. The van der Waals surface area contributed by atoms with Crippen molar-refractivity contribution in [2.24, 2.45) is 5.73 Å². The molecule has 0 heterocycles. The number of nitrogens with two attached hydrogens (primary N) is 1. The monoisotopic (exact) mass is 151 g/mol. The molecule has 0 spiro atoms. The normalized spacial score (nSPS) is 7.44. The van der Waals surface area contributed by atoms with E-state index in [2.05, 4.69) is 0 Å². The van der Waals surface area contributed by atoms with Gasteiger partial charge >= 0.3 is 0 Å². The summed E-state index contributed by atoms with van der Waals surface area (Å²) in [5.41, 5.74) is 5.12. The highest BCUT2D eigenvalue weighted by Crippen LogP contribution is 1.83. The lowest BCUT2D eigenvalue weighted by atomic mass is 10.8. The van der Waals surface area contributed by atoms with Gasteiger partial charge in [0, 0.05) is 19.2 Å². The van der Waals surface area contributed by atoms with E-state index in [-0.39, 0.29) is 0 Å². The van der Waals surface area contributed by atoms with Crippen LogP contribution in [0.25, 0.3) is 0 Å². The van der Waals surface area contributed by atoms with Crippen molar-refractivity contribution in [3.8, 4) is 0 Å². The van der Waals surface area contributed by atoms with Crippen LogP contribution in [0.1, 0.15) is 6.92 Å². The largest absolute Gasteiger partial charge is 0.481 e. The van der Waals surface area contributed by atoms with E-state index in [9.17, 15) is 0 Å². The first-order valence-corrected chi connectivity index (χ1v) is 3.93. The summed E-state index contributed by atoms with van der Waals surface area (Å²) in [6, 6.07) is 0. The maximum atomic E-state index is 9.00. The predicted octanol–water partition coefficient (Wildman–Crippen LogP) is 0.399. The highest BCUT2D eigenvalue weighted by atomic mass is 32.2. The molecule has 0 atom stereocenters. The molecule has 0 amide bonds. The minimum absolute atomic E-state index is 0.807. The Balaban J connectivity index is 0. The molecular weight excluding hydrogens is 138 g/mol. The lowest BCUT2D eigenvalue weighted by molar-refractivity contribution is -0.134. The smallest absolute Gasteiger partial charge is 0.300 e. The molecule has 4 heteroatoms. The van der Waals surface area contributed by atoms with Crippen LogP contribution in [0, 0.1) is 0 Å². The zero-order chi connectivity index (χ0) is 7.70. The van der Waals surface area contributed by atoms with E-state index < -0.39 is 5.97 Å². The van der Waals surface area contributed by atoms with Gasteiger partial charge in [-0.1, -0.05) is 0 Å². The quantitative estimate of drug-likeness (QED) is 0.599. The maximum Gasteiger partial charge on any atom is 0.300 e. The average Bonchev–Trinajstić information content (AvgIpc) is 1.66. The number of rotatable bonds is 2. The fourth-order valence-electron chi connectivity index (χ4n) is 0.118. The first kappa shape index (κ1) is 11.6. The summed E-state index contributed by atoms with van der Waals surface area (Å²) in [7, 11) is 0. The molecule has 0 saturated carbocycles. The van der Waals surface area contributed by atoms with Crippen molar-refractivity contribution in [2.75, 3.05) is 18.6 Å². The number of carboxylic acid groups (broad SMARTS) is 1. The summed E-state index contributed by atoms with van der Waals surface area (Å²) in [6.45, 7) is 1.89. The van der Waals surface area contributed by atoms with Crippen LogP contribution in [0.2, 0.25) is 0 Å². The van der Waals surface area contributed by atoms with Crippen molar-refractivity contribution < 1.29 is 9.90 Å². The highest BCUT2D eigenvalue weighted by Gasteiger charge is 1.67. The first-order chi connectivity index (χ1) is 4.15. The van der Waals surface area contributed by atoms with E-state index >= 15 is 0 Å². The van der Waals surface area contributed by atoms with Gasteiger partial charge in [0.1, 0.15) is 0 Å². The molecule has 0 aromatic rings. The molecule has 0 fully saturated rings. The number of hydrogen-bond acceptors (Lipinski definition) is 3. The predicted molar refractivity (Wildman–Crippen MR) is 40.7 cm³/mol. The standard InChI is InChI=1S/C3H9NS.C2H4O2/c1-5-3-2-4;1-2(3)4/h2-4H2,1H3;1H3,(H,3,4). The van der Waals surface area contributed by atoms with E-state index in [1.807, 2.05) is 6.26 Å². The Kier molecular flexibility index (Phi) is 13.8. The number of carboxylic acids is 1. The van der Waals surface area contributed by atoms with Crippen LogP contribution in [-0.4, -0.2) is 29.6 Å². The SMILES string of the molecule is CC(=O)O.CSCCN. The van der Waals surface area contributed by atoms with E-state index in [0.29, 0.717) is 0 Å². The second kappa shape index (κ2) is 10.7. The second-order valence-corrected chi connectivity index (χ2v) is 2.29. The van der Waals surface area contributed by atoms with Crippen LogP contribution in [0.15, 0.2) is 0 Å². The first-order valence-electron chi connectivity index (χ1n) is 2.53. The van der Waals surface area contributed by atoms with Crippen LogP contribution < -0.4 is 5.73 Å². The van der Waals surface area contributed by atoms with Gasteiger partial charge in [0.2, 0.25) is 0 Å². The van der Waals surface area contributed by atoms with Crippen molar-refractivity contribution in [2.45, 2.75) is 6.92 Å². The fourth-order valence-corrected chi connectivity index (χ4v) is 0.354. The topological polar surface area (TPSA) is 63.3 Å². The molecule has 3 nitrogen and oxygen atoms in total. The summed E-state index contributed by atoms with van der Waals surface area (Å²) in [6.07, 6.45) is 2.05. The van der Waals surface area contributed by atoms with Crippen molar-refractivity contribution in [1.82, 2.24) is 0 Å². The van der Waals surface area contributed by atoms with Crippen LogP contribution in [-0.2, 0) is 4.79 Å². The third-order valence-electron chi connectivity index (χ3n) is 0.322. The minimum atomic E-state index is -0.833. The third-order valence-corrected chi connectivity index (χ3v) is 0.966. The van der Waals surface area contributed by atoms with Crippen molar-refractivity contribution in [1.29, 1.82) is 0 Å². The van der Waals surface area contributed by atoms with Gasteiger partial charge < -0.3 is 10.8 Å². The summed E-state index contributed by atoms with van der Waals surface area (Å²) >= 11 is 1.78. The molecule has 3 N–H and O–H groups in total. The number of aliphatic carboxylic acids is 1. The van der Waals surface area contributed by atoms with Crippen molar-refractivity contribution in [3.63, 3.8) is 0 Å². The van der Waals surface area contributed by atoms with Gasteiger partial charge in [-0.15, -0.1) is 0 Å². The summed E-state index contributed by atoms with van der Waals surface area (Å²) in [4.78, 5) is 9.00. The lowest BCUT2D eigenvalue weighted by Crippen LogP contribution is -1.99. The summed E-state index contributed by atoms with van der Waals surface area (Å²) in [5.74, 6) is 0.250. The molecule has 0 saturated heterocycles. The zero-order valence-electron chi connectivity index (χ0n) is 5.76. The molecule has 0 aliphatic heterocycles. The molecule has 0 aromatic heterocycles. The average molecular weight is 151 g/mol. The van der Waals surface area contributed by atoms with Gasteiger partial charge in [0.15, 0.2) is 0 Å². The Morgan fingerprint density at radius 2 is 2.11 bits per heavy atom. The van der Waals surface area contributed by atoms with Gasteiger partial charge in [0.25, 0.3) is 5.97 Å². The van der Waals surface area contributed by atoms with Gasteiger partial charge in [-0.3, -0.25) is 4.79 Å². The lowest BCUT2D eigenvalue weighted by Gasteiger charge is -1.80. The molecule has 0 bridgehead atoms. The van der Waals surface area contributed by atoms with Gasteiger partial charge in [-0.2, -0.15) is 11.8 Å². The van der Waals surface area contributed by atoms with Gasteiger partial charge in [-0.05, 0) is 6.26 Å². The Morgan fingerprint density at radius 1 is 1.78 bits per heavy atom. The fraction of sp³-hybridized carbons (Fsp3) is 0.800. The summed E-state index contributed by atoms with van der Waals surface area (Å²) < 4.78 is 0. The second-order valence-electron chi connectivity index (χ2n) is 1.30. The van der Waals surface area contributed by atoms with E-state index in [1.165, 1.54) is 0 Å². The van der Waals surface area contributed by atoms with Crippen molar-refractivity contribution >= 4 is 17.7 Å². The molecule has 0 radical (unpaired) electrons. The number of carbonyl (C=O) groups is 1. The molecule has 0 unspecified atom stereocenters. The molecule has 0 rings (SSSR count). The van der Waals surface area contributed by atoms with Crippen LogP contribution >= 0.6 is 11.8 Å².